The first-order chi connectivity index (χ1) is 17.1. The minimum atomic E-state index is -0.0846. The molecule has 2 aromatic heterocycles. The van der Waals surface area contributed by atoms with Crippen LogP contribution in [0.5, 0.6) is 0 Å². The first-order valence-electron chi connectivity index (χ1n) is 11.8. The van der Waals surface area contributed by atoms with Gasteiger partial charge in [-0.1, -0.05) is 42.5 Å². The molecule has 2 atom stereocenters. The number of nitrogens with zero attached hydrogens (tertiary/aromatic N) is 3. The largest absolute Gasteiger partial charge is 0.351 e. The minimum absolute atomic E-state index is 0.0694. The molecular weight excluding hydrogens is 448 g/mol. The molecule has 3 heterocycles. The zero-order valence-corrected chi connectivity index (χ0v) is 20.5. The van der Waals surface area contributed by atoms with Crippen molar-refractivity contribution in [2.24, 2.45) is 0 Å². The van der Waals surface area contributed by atoms with Crippen LogP contribution in [-0.4, -0.2) is 14.7 Å². The van der Waals surface area contributed by atoms with Crippen LogP contribution in [0.2, 0.25) is 0 Å². The monoisotopic (exact) mass is 474 g/mol. The Morgan fingerprint density at radius 3 is 2.31 bits per heavy atom. The van der Waals surface area contributed by atoms with Crippen LogP contribution < -0.4 is 10.2 Å². The summed E-state index contributed by atoms with van der Waals surface area (Å²) in [4.78, 5) is 6.96. The van der Waals surface area contributed by atoms with Crippen molar-refractivity contribution < 1.29 is 0 Å². The Kier molecular flexibility index (Phi) is 5.34. The molecule has 5 aromatic rings. The van der Waals surface area contributed by atoms with Gasteiger partial charge in [-0.15, -0.1) is 0 Å². The summed E-state index contributed by atoms with van der Waals surface area (Å²) < 4.78 is 2.28. The molecule has 4 nitrogen and oxygen atoms in total. The summed E-state index contributed by atoms with van der Waals surface area (Å²) in [5.41, 5.74) is 6.78. The molecule has 0 unspecified atom stereocenters. The number of rotatable bonds is 4. The second-order valence-corrected chi connectivity index (χ2v) is 9.56. The van der Waals surface area contributed by atoms with E-state index in [9.17, 15) is 0 Å². The van der Waals surface area contributed by atoms with E-state index in [0.717, 1.165) is 22.8 Å². The van der Waals surface area contributed by atoms with Gasteiger partial charge in [-0.05, 0) is 96.5 Å². The van der Waals surface area contributed by atoms with Crippen LogP contribution >= 0.6 is 12.2 Å². The summed E-state index contributed by atoms with van der Waals surface area (Å²) >= 11 is 5.94. The van der Waals surface area contributed by atoms with Crippen molar-refractivity contribution in [2.45, 2.75) is 25.9 Å². The van der Waals surface area contributed by atoms with Gasteiger partial charge in [0.05, 0.1) is 11.7 Å². The number of hydrogen-bond acceptors (Lipinski definition) is 2. The zero-order chi connectivity index (χ0) is 23.9. The molecule has 0 spiro atoms. The minimum Gasteiger partial charge on any atom is -0.351 e. The third kappa shape index (κ3) is 3.88. The van der Waals surface area contributed by atoms with Gasteiger partial charge in [0, 0.05) is 29.5 Å². The standard InChI is InChI=1S/C30H26N4S/c1-20-16-21(2)18-25(17-20)34-29(28(32-30(34)35)26-10-5-6-14-31-26)27-11-7-15-33(27)24-13-12-22-8-3-4-9-23(22)19-24/h3-19,28-29H,1-2H3,(H,32,35)/t28-,29-/m1/s1. The summed E-state index contributed by atoms with van der Waals surface area (Å²) in [7, 11) is 0. The van der Waals surface area contributed by atoms with Gasteiger partial charge < -0.3 is 14.8 Å². The highest BCUT2D eigenvalue weighted by Gasteiger charge is 2.42. The molecule has 35 heavy (non-hydrogen) atoms. The van der Waals surface area contributed by atoms with Crippen LogP contribution in [0.1, 0.15) is 34.6 Å². The van der Waals surface area contributed by atoms with Gasteiger partial charge in [-0.3, -0.25) is 4.98 Å². The van der Waals surface area contributed by atoms with E-state index in [0.29, 0.717) is 5.11 Å². The summed E-state index contributed by atoms with van der Waals surface area (Å²) in [6, 6.07) is 31.9. The van der Waals surface area contributed by atoms with Crippen LogP contribution in [-0.2, 0) is 0 Å². The van der Waals surface area contributed by atoms with E-state index >= 15 is 0 Å². The van der Waals surface area contributed by atoms with Crippen molar-refractivity contribution >= 4 is 33.8 Å². The van der Waals surface area contributed by atoms with Gasteiger partial charge in [-0.2, -0.15) is 0 Å². The van der Waals surface area contributed by atoms with Gasteiger partial charge >= 0.3 is 0 Å². The van der Waals surface area contributed by atoms with Crippen molar-refractivity contribution in [3.05, 3.63) is 126 Å². The van der Waals surface area contributed by atoms with Gasteiger partial charge in [0.25, 0.3) is 0 Å². The van der Waals surface area contributed by atoms with Crippen LogP contribution in [0, 0.1) is 13.8 Å². The molecule has 3 aromatic carbocycles. The van der Waals surface area contributed by atoms with Gasteiger partial charge in [-0.25, -0.2) is 0 Å². The van der Waals surface area contributed by atoms with Crippen molar-refractivity contribution in [2.75, 3.05) is 4.90 Å². The van der Waals surface area contributed by atoms with E-state index < -0.39 is 0 Å². The van der Waals surface area contributed by atoms with Gasteiger partial charge in [0.15, 0.2) is 5.11 Å². The molecule has 1 N–H and O–H groups in total. The number of hydrogen-bond donors (Lipinski definition) is 1. The lowest BCUT2D eigenvalue weighted by molar-refractivity contribution is 0.549. The topological polar surface area (TPSA) is 33.1 Å². The SMILES string of the molecule is Cc1cc(C)cc(N2C(=S)N[C@H](c3ccccn3)[C@H]2c2cccn2-c2ccc3ccccc3c2)c1. The maximum atomic E-state index is 5.94. The second kappa shape index (κ2) is 8.67. The third-order valence-corrected chi connectivity index (χ3v) is 6.99. The molecule has 0 amide bonds. The lowest BCUT2D eigenvalue weighted by atomic mass is 10.00. The maximum Gasteiger partial charge on any atom is 0.174 e. The van der Waals surface area contributed by atoms with E-state index in [4.69, 9.17) is 17.2 Å². The Balaban J connectivity index is 1.53. The quantitative estimate of drug-likeness (QED) is 0.290. The van der Waals surface area contributed by atoms with E-state index in [-0.39, 0.29) is 12.1 Å². The number of anilines is 1. The fourth-order valence-corrected chi connectivity index (χ4v) is 5.57. The Hall–Kier alpha value is -3.96. The lowest BCUT2D eigenvalue weighted by Crippen LogP contribution is -2.30. The highest BCUT2D eigenvalue weighted by atomic mass is 32.1. The molecule has 6 rings (SSSR count). The van der Waals surface area contributed by atoms with E-state index in [1.54, 1.807) is 0 Å². The number of fused-ring (bicyclic) bond motifs is 1. The first kappa shape index (κ1) is 21.6. The van der Waals surface area contributed by atoms with Crippen molar-refractivity contribution in [1.29, 1.82) is 0 Å². The lowest BCUT2D eigenvalue weighted by Gasteiger charge is -2.29. The molecule has 0 saturated carbocycles. The first-order valence-corrected chi connectivity index (χ1v) is 12.2. The number of pyridine rings is 1. The number of benzene rings is 3. The maximum absolute atomic E-state index is 5.94. The number of aryl methyl sites for hydroxylation is 2. The van der Waals surface area contributed by atoms with Gasteiger partial charge in [0.2, 0.25) is 0 Å². The zero-order valence-electron chi connectivity index (χ0n) is 19.7. The highest BCUT2D eigenvalue weighted by Crippen LogP contribution is 2.42. The fraction of sp³-hybridized carbons (Fsp3) is 0.133. The molecule has 1 aliphatic heterocycles. The Labute approximate surface area is 210 Å². The molecule has 1 aliphatic rings. The van der Waals surface area contributed by atoms with E-state index in [2.05, 4.69) is 114 Å². The van der Waals surface area contributed by atoms with Crippen molar-refractivity contribution in [1.82, 2.24) is 14.9 Å². The summed E-state index contributed by atoms with van der Waals surface area (Å²) in [6.07, 6.45) is 3.98. The molecule has 0 radical (unpaired) electrons. The molecule has 0 aliphatic carbocycles. The normalized spacial score (nSPS) is 17.7. The van der Waals surface area contributed by atoms with E-state index in [1.165, 1.54) is 21.9 Å². The average molecular weight is 475 g/mol. The predicted octanol–water partition coefficient (Wildman–Crippen LogP) is 6.82. The van der Waals surface area contributed by atoms with Crippen LogP contribution in [0.3, 0.4) is 0 Å². The number of nitrogens with one attached hydrogen (secondary N) is 1. The Bertz CT molecular complexity index is 1520. The average Bonchev–Trinajstić information content (AvgIpc) is 3.48. The van der Waals surface area contributed by atoms with Gasteiger partial charge in [0.1, 0.15) is 6.04 Å². The third-order valence-electron chi connectivity index (χ3n) is 6.68. The predicted molar refractivity (Wildman–Crippen MR) is 147 cm³/mol. The van der Waals surface area contributed by atoms with E-state index in [1.807, 2.05) is 18.3 Å². The molecule has 0 bridgehead atoms. The van der Waals surface area contributed by atoms with Crippen molar-refractivity contribution in [3.63, 3.8) is 0 Å². The van der Waals surface area contributed by atoms with Crippen molar-refractivity contribution in [3.8, 4) is 5.69 Å². The molecular formula is C30H26N4S. The molecule has 1 fully saturated rings. The van der Waals surface area contributed by atoms with Crippen LogP contribution in [0.15, 0.2) is 103 Å². The van der Waals surface area contributed by atoms with Crippen LogP contribution in [0.25, 0.3) is 16.5 Å². The van der Waals surface area contributed by atoms with Crippen LogP contribution in [0.4, 0.5) is 5.69 Å². The smallest absolute Gasteiger partial charge is 0.174 e. The molecule has 5 heteroatoms. The summed E-state index contributed by atoms with van der Waals surface area (Å²) in [6.45, 7) is 4.26. The Morgan fingerprint density at radius 2 is 1.54 bits per heavy atom. The summed E-state index contributed by atoms with van der Waals surface area (Å²) in [5.74, 6) is 0. The second-order valence-electron chi connectivity index (χ2n) is 9.18. The number of aromatic nitrogens is 2. The highest BCUT2D eigenvalue weighted by molar-refractivity contribution is 7.80. The molecule has 1 saturated heterocycles. The fourth-order valence-electron chi connectivity index (χ4n) is 5.22. The molecule has 172 valence electrons. The number of thiocarbonyl (C=S) groups is 1. The Morgan fingerprint density at radius 1 is 0.771 bits per heavy atom. The summed E-state index contributed by atoms with van der Waals surface area (Å²) in [5, 5.41) is 6.75.